The second-order valence-corrected chi connectivity index (χ2v) is 7.41. The Bertz CT molecular complexity index is 981. The number of halogens is 3. The minimum absolute atomic E-state index is 0.175. The summed E-state index contributed by atoms with van der Waals surface area (Å²) in [6, 6.07) is 15.0. The molecule has 7 heteroatoms. The quantitative estimate of drug-likeness (QED) is 0.488. The van der Waals surface area contributed by atoms with Gasteiger partial charge in [0.15, 0.2) is 0 Å². The summed E-state index contributed by atoms with van der Waals surface area (Å²) in [5.41, 5.74) is 2.69. The average molecular weight is 414 g/mol. The highest BCUT2D eigenvalue weighted by Gasteiger charge is 2.35. The molecule has 0 fully saturated rings. The van der Waals surface area contributed by atoms with E-state index >= 15 is 0 Å². The molecule has 0 aliphatic heterocycles. The Kier molecular flexibility index (Phi) is 6.29. The lowest BCUT2D eigenvalue weighted by molar-refractivity contribution is -0.137. The molecular formula is C23H25F3N4. The molecule has 0 atom stereocenters. The molecular weight excluding hydrogens is 389 g/mol. The van der Waals surface area contributed by atoms with Crippen molar-refractivity contribution in [2.75, 3.05) is 17.3 Å². The largest absolute Gasteiger partial charge is 0.421 e. The normalized spacial score (nSPS) is 11.6. The van der Waals surface area contributed by atoms with Gasteiger partial charge in [-0.1, -0.05) is 45.0 Å². The first-order chi connectivity index (χ1) is 14.2. The molecule has 2 aromatic carbocycles. The molecule has 0 radical (unpaired) electrons. The number of nitrogens with one attached hydrogen (secondary N) is 1. The van der Waals surface area contributed by atoms with Crippen LogP contribution in [0, 0.1) is 0 Å². The fourth-order valence-corrected chi connectivity index (χ4v) is 3.00. The van der Waals surface area contributed by atoms with Gasteiger partial charge in [0.2, 0.25) is 5.95 Å². The molecule has 30 heavy (non-hydrogen) atoms. The molecule has 4 nitrogen and oxygen atoms in total. The van der Waals surface area contributed by atoms with Gasteiger partial charge < -0.3 is 10.2 Å². The maximum atomic E-state index is 13.5. The van der Waals surface area contributed by atoms with Crippen molar-refractivity contribution in [2.45, 2.75) is 39.3 Å². The smallest absolute Gasteiger partial charge is 0.340 e. The van der Waals surface area contributed by atoms with Crippen LogP contribution in [0.25, 0.3) is 0 Å². The maximum absolute atomic E-state index is 13.5. The Morgan fingerprint density at radius 2 is 1.63 bits per heavy atom. The number of rotatable bonds is 6. The number of hydrogen-bond donors (Lipinski definition) is 1. The lowest BCUT2D eigenvalue weighted by Gasteiger charge is -2.20. The molecule has 0 amide bonds. The summed E-state index contributed by atoms with van der Waals surface area (Å²) in [7, 11) is 1.73. The molecule has 3 rings (SSSR count). The van der Waals surface area contributed by atoms with Crippen molar-refractivity contribution in [3.63, 3.8) is 0 Å². The average Bonchev–Trinajstić information content (AvgIpc) is 2.73. The monoisotopic (exact) mass is 414 g/mol. The summed E-state index contributed by atoms with van der Waals surface area (Å²) in [5.74, 6) is 0.235. The molecule has 0 saturated heterocycles. The van der Waals surface area contributed by atoms with Crippen LogP contribution < -0.4 is 10.2 Å². The molecule has 0 aliphatic carbocycles. The summed E-state index contributed by atoms with van der Waals surface area (Å²) in [5, 5.41) is 2.81. The second-order valence-electron chi connectivity index (χ2n) is 7.41. The highest BCUT2D eigenvalue weighted by molar-refractivity contribution is 5.64. The minimum atomic E-state index is -4.57. The van der Waals surface area contributed by atoms with E-state index in [1.807, 2.05) is 36.4 Å². The van der Waals surface area contributed by atoms with E-state index in [0.717, 1.165) is 23.9 Å². The number of nitrogens with zero attached hydrogens (tertiary/aromatic N) is 3. The van der Waals surface area contributed by atoms with Gasteiger partial charge >= 0.3 is 6.18 Å². The lowest BCUT2D eigenvalue weighted by atomic mass is 10.0. The Morgan fingerprint density at radius 1 is 1.00 bits per heavy atom. The van der Waals surface area contributed by atoms with E-state index in [2.05, 4.69) is 36.1 Å². The van der Waals surface area contributed by atoms with E-state index in [-0.39, 0.29) is 11.8 Å². The number of alkyl halides is 3. The van der Waals surface area contributed by atoms with Crippen molar-refractivity contribution in [2.24, 2.45) is 0 Å². The topological polar surface area (TPSA) is 41.1 Å². The summed E-state index contributed by atoms with van der Waals surface area (Å²) in [6.45, 7) is 6.18. The van der Waals surface area contributed by atoms with E-state index in [0.29, 0.717) is 11.6 Å². The number of aromatic nitrogens is 2. The molecule has 1 N–H and O–H groups in total. The number of anilines is 4. The van der Waals surface area contributed by atoms with Crippen LogP contribution in [0.15, 0.2) is 54.7 Å². The van der Waals surface area contributed by atoms with Crippen LogP contribution in [0.2, 0.25) is 0 Å². The van der Waals surface area contributed by atoms with E-state index < -0.39 is 11.7 Å². The molecule has 3 aromatic rings. The first-order valence-corrected chi connectivity index (χ1v) is 9.83. The van der Waals surface area contributed by atoms with Crippen LogP contribution >= 0.6 is 0 Å². The highest BCUT2D eigenvalue weighted by atomic mass is 19.4. The molecule has 0 spiro atoms. The van der Waals surface area contributed by atoms with Crippen molar-refractivity contribution in [1.29, 1.82) is 0 Å². The Morgan fingerprint density at radius 3 is 2.17 bits per heavy atom. The fourth-order valence-electron chi connectivity index (χ4n) is 3.00. The third-order valence-corrected chi connectivity index (χ3v) is 4.95. The van der Waals surface area contributed by atoms with E-state index in [4.69, 9.17) is 0 Å². The van der Waals surface area contributed by atoms with Gasteiger partial charge in [0.25, 0.3) is 0 Å². The van der Waals surface area contributed by atoms with Crippen molar-refractivity contribution < 1.29 is 13.2 Å². The van der Waals surface area contributed by atoms with Gasteiger partial charge in [-0.15, -0.1) is 0 Å². The third kappa shape index (κ3) is 4.90. The second kappa shape index (κ2) is 8.73. The molecule has 0 saturated carbocycles. The Hall–Kier alpha value is -3.09. The van der Waals surface area contributed by atoms with Crippen molar-refractivity contribution in [3.8, 4) is 0 Å². The predicted octanol–water partition coefficient (Wildman–Crippen LogP) is 6.69. The van der Waals surface area contributed by atoms with E-state index in [1.165, 1.54) is 5.56 Å². The summed E-state index contributed by atoms with van der Waals surface area (Å²) >= 11 is 0. The van der Waals surface area contributed by atoms with Crippen LogP contribution in [0.3, 0.4) is 0 Å². The van der Waals surface area contributed by atoms with Gasteiger partial charge in [0.05, 0.1) is 0 Å². The lowest BCUT2D eigenvalue weighted by Crippen LogP contribution is -2.17. The van der Waals surface area contributed by atoms with Gasteiger partial charge in [-0.05, 0) is 47.7 Å². The Balaban J connectivity index is 1.95. The molecule has 1 heterocycles. The van der Waals surface area contributed by atoms with E-state index in [9.17, 15) is 13.2 Å². The summed E-state index contributed by atoms with van der Waals surface area (Å²) in [6.07, 6.45) is -2.84. The van der Waals surface area contributed by atoms with Crippen molar-refractivity contribution in [3.05, 3.63) is 71.4 Å². The standard InChI is InChI=1S/C23H25F3N4/c1-5-16-6-12-19(13-7-16)30(4)22-27-14-20(23(24,25)26)21(29-22)28-18-10-8-17(9-11-18)15(2)3/h6-15H,5H2,1-4H3,(H,27,28,29). The van der Waals surface area contributed by atoms with Gasteiger partial charge in [0.1, 0.15) is 11.4 Å². The minimum Gasteiger partial charge on any atom is -0.340 e. The Labute approximate surface area is 174 Å². The highest BCUT2D eigenvalue weighted by Crippen LogP contribution is 2.36. The van der Waals surface area contributed by atoms with Crippen LogP contribution in [-0.2, 0) is 12.6 Å². The van der Waals surface area contributed by atoms with Gasteiger partial charge in [0, 0.05) is 24.6 Å². The maximum Gasteiger partial charge on any atom is 0.421 e. The van der Waals surface area contributed by atoms with Gasteiger partial charge in [-0.3, -0.25) is 0 Å². The summed E-state index contributed by atoms with van der Waals surface area (Å²) < 4.78 is 40.6. The third-order valence-electron chi connectivity index (χ3n) is 4.95. The molecule has 0 bridgehead atoms. The van der Waals surface area contributed by atoms with Crippen molar-refractivity contribution in [1.82, 2.24) is 9.97 Å². The van der Waals surface area contributed by atoms with Crippen molar-refractivity contribution >= 4 is 23.1 Å². The fraction of sp³-hybridized carbons (Fsp3) is 0.304. The number of aryl methyl sites for hydroxylation is 1. The van der Waals surface area contributed by atoms with Crippen LogP contribution in [0.5, 0.6) is 0 Å². The molecule has 158 valence electrons. The zero-order valence-electron chi connectivity index (χ0n) is 17.5. The number of benzene rings is 2. The van der Waals surface area contributed by atoms with Crippen LogP contribution in [0.1, 0.15) is 43.4 Å². The van der Waals surface area contributed by atoms with Crippen LogP contribution in [-0.4, -0.2) is 17.0 Å². The summed E-state index contributed by atoms with van der Waals surface area (Å²) in [4.78, 5) is 9.81. The molecule has 0 unspecified atom stereocenters. The number of hydrogen-bond acceptors (Lipinski definition) is 4. The molecule has 0 aliphatic rings. The SMILES string of the molecule is CCc1ccc(N(C)c2ncc(C(F)(F)F)c(Nc3ccc(C(C)C)cc3)n2)cc1. The predicted molar refractivity (Wildman–Crippen MR) is 115 cm³/mol. The zero-order valence-corrected chi connectivity index (χ0v) is 17.5. The first-order valence-electron chi connectivity index (χ1n) is 9.83. The van der Waals surface area contributed by atoms with Gasteiger partial charge in [-0.2, -0.15) is 18.2 Å². The van der Waals surface area contributed by atoms with Gasteiger partial charge in [-0.25, -0.2) is 4.98 Å². The van der Waals surface area contributed by atoms with Crippen LogP contribution in [0.4, 0.5) is 36.3 Å². The van der Waals surface area contributed by atoms with E-state index in [1.54, 1.807) is 24.1 Å². The zero-order chi connectivity index (χ0) is 21.9. The first kappa shape index (κ1) is 21.6. The molecule has 1 aromatic heterocycles.